The average molecular weight is 238 g/mol. The summed E-state index contributed by atoms with van der Waals surface area (Å²) in [6, 6.07) is -0.594. The van der Waals surface area contributed by atoms with Crippen LogP contribution in [-0.4, -0.2) is 27.2 Å². The van der Waals surface area contributed by atoms with Gasteiger partial charge in [0.1, 0.15) is 17.9 Å². The van der Waals surface area contributed by atoms with Crippen molar-refractivity contribution in [1.29, 1.82) is 0 Å². The lowest BCUT2D eigenvalue weighted by atomic mass is 10.3. The fourth-order valence-corrected chi connectivity index (χ4v) is 1.42. The minimum Gasteiger partial charge on any atom is -0.351 e. The van der Waals surface area contributed by atoms with E-state index in [2.05, 4.69) is 17.0 Å². The van der Waals surface area contributed by atoms with E-state index >= 15 is 0 Å². The van der Waals surface area contributed by atoms with Crippen molar-refractivity contribution in [3.8, 4) is 0 Å². The Kier molecular flexibility index (Phi) is 3.97. The van der Waals surface area contributed by atoms with E-state index in [-0.39, 0.29) is 11.6 Å². The summed E-state index contributed by atoms with van der Waals surface area (Å²) >= 11 is 0. The second-order valence-electron chi connectivity index (χ2n) is 3.53. The van der Waals surface area contributed by atoms with Crippen LogP contribution in [0.3, 0.4) is 0 Å². The van der Waals surface area contributed by atoms with Gasteiger partial charge in [0, 0.05) is 6.54 Å². The maximum Gasteiger partial charge on any atom is 0.309 e. The standard InChI is InChI=1S/C10H14N4O3/c1-4-5-11-10(15)8(3)13-7(2)9(6-12-13)14(16)17/h4,6,8H,1,5H2,2-3H3,(H,11,15). The number of amides is 1. The van der Waals surface area contributed by atoms with Crippen LogP contribution in [0.2, 0.25) is 0 Å². The predicted molar refractivity (Wildman–Crippen MR) is 61.5 cm³/mol. The molecular weight excluding hydrogens is 224 g/mol. The molecule has 0 spiro atoms. The van der Waals surface area contributed by atoms with Gasteiger partial charge in [0.25, 0.3) is 0 Å². The highest BCUT2D eigenvalue weighted by Gasteiger charge is 2.23. The zero-order valence-corrected chi connectivity index (χ0v) is 9.71. The molecule has 92 valence electrons. The van der Waals surface area contributed by atoms with Gasteiger partial charge in [-0.3, -0.25) is 19.6 Å². The van der Waals surface area contributed by atoms with E-state index in [1.165, 1.54) is 4.68 Å². The number of hydrogen-bond donors (Lipinski definition) is 1. The SMILES string of the molecule is C=CCNC(=O)C(C)n1ncc([N+](=O)[O-])c1C. The smallest absolute Gasteiger partial charge is 0.309 e. The van der Waals surface area contributed by atoms with Gasteiger partial charge in [-0.15, -0.1) is 6.58 Å². The van der Waals surface area contributed by atoms with E-state index in [4.69, 9.17) is 0 Å². The molecule has 17 heavy (non-hydrogen) atoms. The number of nitro groups is 1. The van der Waals surface area contributed by atoms with Crippen LogP contribution in [0.25, 0.3) is 0 Å². The van der Waals surface area contributed by atoms with Crippen LogP contribution >= 0.6 is 0 Å². The maximum absolute atomic E-state index is 11.6. The molecule has 1 amide bonds. The van der Waals surface area contributed by atoms with Gasteiger partial charge in [-0.2, -0.15) is 5.10 Å². The Morgan fingerprint density at radius 1 is 1.82 bits per heavy atom. The van der Waals surface area contributed by atoms with Crippen LogP contribution in [0.4, 0.5) is 5.69 Å². The van der Waals surface area contributed by atoms with Crippen LogP contribution in [-0.2, 0) is 4.79 Å². The molecule has 1 unspecified atom stereocenters. The molecule has 1 rings (SSSR count). The van der Waals surface area contributed by atoms with Crippen molar-refractivity contribution in [2.75, 3.05) is 6.54 Å². The molecule has 0 aliphatic carbocycles. The van der Waals surface area contributed by atoms with E-state index < -0.39 is 11.0 Å². The molecule has 0 aliphatic rings. The van der Waals surface area contributed by atoms with E-state index in [9.17, 15) is 14.9 Å². The zero-order chi connectivity index (χ0) is 13.0. The molecule has 0 radical (unpaired) electrons. The first-order chi connectivity index (χ1) is 7.99. The molecule has 1 aromatic rings. The Hall–Kier alpha value is -2.18. The molecule has 1 aromatic heterocycles. The molecule has 0 saturated carbocycles. The van der Waals surface area contributed by atoms with Gasteiger partial charge in [-0.05, 0) is 13.8 Å². The van der Waals surface area contributed by atoms with Gasteiger partial charge < -0.3 is 5.32 Å². The topological polar surface area (TPSA) is 90.1 Å². The molecule has 1 heterocycles. The van der Waals surface area contributed by atoms with Crippen molar-refractivity contribution in [1.82, 2.24) is 15.1 Å². The quantitative estimate of drug-likeness (QED) is 0.470. The Bertz CT molecular complexity index is 452. The lowest BCUT2D eigenvalue weighted by Crippen LogP contribution is -2.31. The minimum absolute atomic E-state index is 0.0895. The Morgan fingerprint density at radius 2 is 2.47 bits per heavy atom. The molecule has 1 N–H and O–H groups in total. The number of carbonyl (C=O) groups excluding carboxylic acids is 1. The van der Waals surface area contributed by atoms with Crippen LogP contribution in [0, 0.1) is 17.0 Å². The summed E-state index contributed by atoms with van der Waals surface area (Å²) in [7, 11) is 0. The monoisotopic (exact) mass is 238 g/mol. The van der Waals surface area contributed by atoms with E-state index in [0.717, 1.165) is 6.20 Å². The van der Waals surface area contributed by atoms with Crippen molar-refractivity contribution < 1.29 is 9.72 Å². The molecule has 0 saturated heterocycles. The highest BCUT2D eigenvalue weighted by Crippen LogP contribution is 2.19. The fraction of sp³-hybridized carbons (Fsp3) is 0.400. The van der Waals surface area contributed by atoms with E-state index in [1.54, 1.807) is 19.9 Å². The second kappa shape index (κ2) is 5.24. The summed E-state index contributed by atoms with van der Waals surface area (Å²) in [5.41, 5.74) is 0.268. The van der Waals surface area contributed by atoms with E-state index in [1.807, 2.05) is 0 Å². The molecule has 7 heteroatoms. The summed E-state index contributed by atoms with van der Waals surface area (Å²) in [6.45, 7) is 7.02. The van der Waals surface area contributed by atoms with Crippen molar-refractivity contribution in [2.24, 2.45) is 0 Å². The number of aromatic nitrogens is 2. The first kappa shape index (κ1) is 12.9. The second-order valence-corrected chi connectivity index (χ2v) is 3.53. The van der Waals surface area contributed by atoms with Crippen molar-refractivity contribution >= 4 is 11.6 Å². The van der Waals surface area contributed by atoms with Gasteiger partial charge in [-0.1, -0.05) is 6.08 Å². The molecule has 0 aliphatic heterocycles. The van der Waals surface area contributed by atoms with Gasteiger partial charge >= 0.3 is 5.69 Å². The Balaban J connectivity index is 2.89. The summed E-state index contributed by atoms with van der Waals surface area (Å²) in [6.07, 6.45) is 2.70. The van der Waals surface area contributed by atoms with Crippen molar-refractivity contribution in [2.45, 2.75) is 19.9 Å². The largest absolute Gasteiger partial charge is 0.351 e. The van der Waals surface area contributed by atoms with Crippen molar-refractivity contribution in [3.05, 3.63) is 34.7 Å². The number of nitrogens with one attached hydrogen (secondary N) is 1. The summed E-state index contributed by atoms with van der Waals surface area (Å²) < 4.78 is 1.33. The average Bonchev–Trinajstić information content (AvgIpc) is 2.67. The summed E-state index contributed by atoms with van der Waals surface area (Å²) in [4.78, 5) is 21.8. The van der Waals surface area contributed by atoms with Gasteiger partial charge in [0.15, 0.2) is 0 Å². The molecular formula is C10H14N4O3. The van der Waals surface area contributed by atoms with Crippen LogP contribution in [0.15, 0.2) is 18.9 Å². The Labute approximate surface area is 98.3 Å². The number of hydrogen-bond acceptors (Lipinski definition) is 4. The zero-order valence-electron chi connectivity index (χ0n) is 9.71. The third-order valence-electron chi connectivity index (χ3n) is 2.38. The third kappa shape index (κ3) is 2.68. The van der Waals surface area contributed by atoms with Crippen molar-refractivity contribution in [3.63, 3.8) is 0 Å². The lowest BCUT2D eigenvalue weighted by molar-refractivity contribution is -0.385. The molecule has 1 atom stereocenters. The summed E-state index contributed by atoms with van der Waals surface area (Å²) in [5.74, 6) is -0.258. The normalized spacial score (nSPS) is 11.9. The molecule has 0 aromatic carbocycles. The fourth-order valence-electron chi connectivity index (χ4n) is 1.42. The number of rotatable bonds is 5. The highest BCUT2D eigenvalue weighted by atomic mass is 16.6. The molecule has 0 fully saturated rings. The van der Waals surface area contributed by atoms with Crippen LogP contribution in [0.5, 0.6) is 0 Å². The molecule has 7 nitrogen and oxygen atoms in total. The number of nitrogens with zero attached hydrogens (tertiary/aromatic N) is 3. The first-order valence-corrected chi connectivity index (χ1v) is 5.06. The maximum atomic E-state index is 11.6. The first-order valence-electron chi connectivity index (χ1n) is 5.06. The van der Waals surface area contributed by atoms with Gasteiger partial charge in [0.2, 0.25) is 5.91 Å². The predicted octanol–water partition coefficient (Wildman–Crippen LogP) is 0.963. The van der Waals surface area contributed by atoms with Gasteiger partial charge in [-0.25, -0.2) is 0 Å². The summed E-state index contributed by atoms with van der Waals surface area (Å²) in [5, 5.41) is 17.1. The van der Waals surface area contributed by atoms with E-state index in [0.29, 0.717) is 12.2 Å². The minimum atomic E-state index is -0.594. The highest BCUT2D eigenvalue weighted by molar-refractivity contribution is 5.80. The number of carbonyl (C=O) groups is 1. The lowest BCUT2D eigenvalue weighted by Gasteiger charge is -2.12. The molecule has 0 bridgehead atoms. The van der Waals surface area contributed by atoms with Gasteiger partial charge in [0.05, 0.1) is 4.92 Å². The third-order valence-corrected chi connectivity index (χ3v) is 2.38. The van der Waals surface area contributed by atoms with Crippen LogP contribution in [0.1, 0.15) is 18.7 Å². The van der Waals surface area contributed by atoms with Crippen LogP contribution < -0.4 is 5.32 Å². The Morgan fingerprint density at radius 3 is 2.94 bits per heavy atom.